The van der Waals surface area contributed by atoms with Gasteiger partial charge in [-0.15, -0.1) is 0 Å². The minimum absolute atomic E-state index is 0.00262. The van der Waals surface area contributed by atoms with Crippen molar-refractivity contribution in [2.45, 2.75) is 84.7 Å². The Labute approximate surface area is 131 Å². The van der Waals surface area contributed by atoms with Crippen LogP contribution in [0.25, 0.3) is 0 Å². The predicted octanol–water partition coefficient (Wildman–Crippen LogP) is 5.00. The summed E-state index contributed by atoms with van der Waals surface area (Å²) in [5.74, 6) is 2.41. The van der Waals surface area contributed by atoms with Crippen molar-refractivity contribution in [3.63, 3.8) is 0 Å². The molecule has 0 spiro atoms. The van der Waals surface area contributed by atoms with Crippen LogP contribution in [0.5, 0.6) is 0 Å². The molecule has 2 aliphatic carbocycles. The van der Waals surface area contributed by atoms with Crippen LogP contribution in [-0.2, 0) is 9.53 Å². The molecule has 0 bridgehead atoms. The lowest BCUT2D eigenvalue weighted by Gasteiger charge is -2.42. The first-order valence-corrected chi connectivity index (χ1v) is 8.88. The molecule has 0 aromatic rings. The van der Waals surface area contributed by atoms with Crippen LogP contribution in [0.4, 0.5) is 0 Å². The van der Waals surface area contributed by atoms with E-state index >= 15 is 0 Å². The largest absolute Gasteiger partial charge is 0.379 e. The molecule has 122 valence electrons. The normalized spacial score (nSPS) is 34.8. The lowest BCUT2D eigenvalue weighted by molar-refractivity contribution is -0.130. The highest BCUT2D eigenvalue weighted by Gasteiger charge is 2.52. The fourth-order valence-electron chi connectivity index (χ4n) is 5.06. The Bertz CT molecular complexity index is 374. The SMILES string of the molecule is COC(C)(C)CCC[C@H](C)C1CCC2C(=O)CCC[C@@]21C. The van der Waals surface area contributed by atoms with Gasteiger partial charge in [-0.3, -0.25) is 4.79 Å². The smallest absolute Gasteiger partial charge is 0.136 e. The summed E-state index contributed by atoms with van der Waals surface area (Å²) in [6.45, 7) is 9.16. The molecule has 2 nitrogen and oxygen atoms in total. The van der Waals surface area contributed by atoms with E-state index in [-0.39, 0.29) is 5.60 Å². The van der Waals surface area contributed by atoms with Crippen molar-refractivity contribution in [1.82, 2.24) is 0 Å². The predicted molar refractivity (Wildman–Crippen MR) is 87.3 cm³/mol. The van der Waals surface area contributed by atoms with Gasteiger partial charge in [-0.05, 0) is 63.2 Å². The molecule has 21 heavy (non-hydrogen) atoms. The Morgan fingerprint density at radius 3 is 2.76 bits per heavy atom. The number of rotatable bonds is 6. The number of carbonyl (C=O) groups is 1. The van der Waals surface area contributed by atoms with Crippen LogP contribution < -0.4 is 0 Å². The van der Waals surface area contributed by atoms with Gasteiger partial charge in [0.05, 0.1) is 5.60 Å². The fourth-order valence-corrected chi connectivity index (χ4v) is 5.06. The average Bonchev–Trinajstić information content (AvgIpc) is 2.77. The van der Waals surface area contributed by atoms with Crippen molar-refractivity contribution >= 4 is 5.78 Å². The maximum Gasteiger partial charge on any atom is 0.136 e. The maximum absolute atomic E-state index is 12.2. The Hall–Kier alpha value is -0.370. The van der Waals surface area contributed by atoms with Crippen LogP contribution in [-0.4, -0.2) is 18.5 Å². The monoisotopic (exact) mass is 294 g/mol. The van der Waals surface area contributed by atoms with Crippen molar-refractivity contribution in [2.75, 3.05) is 7.11 Å². The molecule has 0 amide bonds. The van der Waals surface area contributed by atoms with Gasteiger partial charge in [0.2, 0.25) is 0 Å². The zero-order valence-corrected chi connectivity index (χ0v) is 14.7. The zero-order valence-electron chi connectivity index (χ0n) is 14.7. The van der Waals surface area contributed by atoms with Gasteiger partial charge in [0.15, 0.2) is 0 Å². The van der Waals surface area contributed by atoms with Crippen molar-refractivity contribution in [3.8, 4) is 0 Å². The third-order valence-corrected chi connectivity index (χ3v) is 6.61. The number of carbonyl (C=O) groups excluding carboxylic acids is 1. The van der Waals surface area contributed by atoms with Crippen molar-refractivity contribution in [3.05, 3.63) is 0 Å². The van der Waals surface area contributed by atoms with Gasteiger partial charge in [0.1, 0.15) is 5.78 Å². The highest BCUT2D eigenvalue weighted by Crippen LogP contribution is 2.57. The van der Waals surface area contributed by atoms with Crippen LogP contribution in [0.2, 0.25) is 0 Å². The number of fused-ring (bicyclic) bond motifs is 1. The summed E-state index contributed by atoms with van der Waals surface area (Å²) in [4.78, 5) is 12.2. The van der Waals surface area contributed by atoms with Gasteiger partial charge in [-0.1, -0.05) is 26.7 Å². The van der Waals surface area contributed by atoms with Gasteiger partial charge >= 0.3 is 0 Å². The van der Waals surface area contributed by atoms with E-state index in [1.54, 1.807) is 7.11 Å². The Balaban J connectivity index is 1.91. The molecule has 0 N–H and O–H groups in total. The molecule has 2 saturated carbocycles. The topological polar surface area (TPSA) is 26.3 Å². The minimum Gasteiger partial charge on any atom is -0.379 e. The molecule has 2 aliphatic rings. The summed E-state index contributed by atoms with van der Waals surface area (Å²) in [6.07, 6.45) is 9.26. The molecule has 2 heteroatoms. The maximum atomic E-state index is 12.2. The third kappa shape index (κ3) is 3.52. The van der Waals surface area contributed by atoms with Crippen molar-refractivity contribution in [2.24, 2.45) is 23.2 Å². The number of ether oxygens (including phenoxy) is 1. The summed E-state index contributed by atoms with van der Waals surface area (Å²) >= 11 is 0. The summed E-state index contributed by atoms with van der Waals surface area (Å²) in [5, 5.41) is 0. The standard InChI is InChI=1S/C19H34O2/c1-14(8-6-12-18(2,3)21-5)15-10-11-16-17(20)9-7-13-19(15,16)4/h14-16H,6-13H2,1-5H3/t14-,15?,16?,19+/m0/s1. The molecule has 4 atom stereocenters. The van der Waals surface area contributed by atoms with E-state index in [4.69, 9.17) is 4.74 Å². The molecule has 0 aromatic carbocycles. The average molecular weight is 294 g/mol. The summed E-state index contributed by atoms with van der Waals surface area (Å²) < 4.78 is 5.52. The van der Waals surface area contributed by atoms with E-state index < -0.39 is 0 Å². The minimum atomic E-state index is 0.00262. The van der Waals surface area contributed by atoms with Crippen molar-refractivity contribution in [1.29, 1.82) is 0 Å². The van der Waals surface area contributed by atoms with Crippen LogP contribution in [0.1, 0.15) is 79.1 Å². The molecule has 0 aliphatic heterocycles. The lowest BCUT2D eigenvalue weighted by Crippen LogP contribution is -2.39. The van der Waals surface area contributed by atoms with Gasteiger partial charge < -0.3 is 4.74 Å². The molecular formula is C19H34O2. The van der Waals surface area contributed by atoms with Gasteiger partial charge in [0, 0.05) is 19.4 Å². The Morgan fingerprint density at radius 2 is 2.10 bits per heavy atom. The summed E-state index contributed by atoms with van der Waals surface area (Å²) in [5.41, 5.74) is 0.300. The number of methoxy groups -OCH3 is 1. The quantitative estimate of drug-likeness (QED) is 0.689. The lowest BCUT2D eigenvalue weighted by atomic mass is 9.62. The molecule has 0 heterocycles. The van der Waals surface area contributed by atoms with Gasteiger partial charge in [0.25, 0.3) is 0 Å². The third-order valence-electron chi connectivity index (χ3n) is 6.61. The number of hydrogen-bond acceptors (Lipinski definition) is 2. The van der Waals surface area contributed by atoms with Crippen LogP contribution in [0.3, 0.4) is 0 Å². The number of Topliss-reactive ketones (excluding diaryl/α,β-unsaturated/α-hetero) is 1. The second kappa shape index (κ2) is 6.40. The molecular weight excluding hydrogens is 260 g/mol. The summed E-state index contributed by atoms with van der Waals surface area (Å²) in [7, 11) is 1.81. The van der Waals surface area contributed by atoms with E-state index in [2.05, 4.69) is 27.7 Å². The van der Waals surface area contributed by atoms with E-state index in [1.807, 2.05) is 0 Å². The van der Waals surface area contributed by atoms with Crippen molar-refractivity contribution < 1.29 is 9.53 Å². The number of ketones is 1. The molecule has 0 saturated heterocycles. The second-order valence-electron chi connectivity index (χ2n) is 8.40. The molecule has 2 fully saturated rings. The first-order valence-electron chi connectivity index (χ1n) is 8.88. The fraction of sp³-hybridized carbons (Fsp3) is 0.947. The first-order chi connectivity index (χ1) is 9.80. The highest BCUT2D eigenvalue weighted by atomic mass is 16.5. The van der Waals surface area contributed by atoms with E-state index in [0.29, 0.717) is 17.1 Å². The van der Waals surface area contributed by atoms with E-state index in [9.17, 15) is 4.79 Å². The van der Waals surface area contributed by atoms with Gasteiger partial charge in [-0.25, -0.2) is 0 Å². The molecule has 2 unspecified atom stereocenters. The van der Waals surface area contributed by atoms with E-state index in [0.717, 1.165) is 37.5 Å². The Kier molecular flexibility index (Phi) is 5.18. The molecule has 2 rings (SSSR count). The molecule has 0 aromatic heterocycles. The Morgan fingerprint density at radius 1 is 1.38 bits per heavy atom. The van der Waals surface area contributed by atoms with Gasteiger partial charge in [-0.2, -0.15) is 0 Å². The van der Waals surface area contributed by atoms with Crippen LogP contribution >= 0.6 is 0 Å². The number of hydrogen-bond donors (Lipinski definition) is 0. The summed E-state index contributed by atoms with van der Waals surface area (Å²) in [6, 6.07) is 0. The van der Waals surface area contributed by atoms with Crippen LogP contribution in [0, 0.1) is 23.2 Å². The highest BCUT2D eigenvalue weighted by molar-refractivity contribution is 5.83. The molecule has 0 radical (unpaired) electrons. The first kappa shape index (κ1) is 17.0. The zero-order chi connectivity index (χ0) is 15.7. The van der Waals surface area contributed by atoms with Crippen LogP contribution in [0.15, 0.2) is 0 Å². The second-order valence-corrected chi connectivity index (χ2v) is 8.40. The van der Waals surface area contributed by atoms with E-state index in [1.165, 1.54) is 25.7 Å².